The standard InChI is InChI=1S/C27H37N5O2.ClH/c1-3-30(4-2)17-8-7-10-21-14-18-31(19-15-21)20-25(33)32-24-13-6-5-11-22(24)27(34)29-23-12-9-16-28-26(23)32;/h5-6,9,11-13,16,21H,3-4,7-8,10,14-15,17-20H2,1-2H3,(H,29,34);1H. The van der Waals surface area contributed by atoms with Crippen LogP contribution in [0.3, 0.4) is 0 Å². The Labute approximate surface area is 215 Å². The van der Waals surface area contributed by atoms with Crippen molar-refractivity contribution >= 4 is 41.4 Å². The Balaban J connectivity index is 0.00000342. The molecule has 8 heteroatoms. The molecule has 0 radical (unpaired) electrons. The first-order valence-electron chi connectivity index (χ1n) is 12.7. The number of para-hydroxylation sites is 1. The topological polar surface area (TPSA) is 68.8 Å². The maximum Gasteiger partial charge on any atom is 0.257 e. The Hall–Kier alpha value is -2.48. The van der Waals surface area contributed by atoms with Crippen LogP contribution in [0.4, 0.5) is 17.2 Å². The third-order valence-electron chi connectivity index (χ3n) is 7.18. The van der Waals surface area contributed by atoms with E-state index in [0.717, 1.165) is 44.9 Å². The van der Waals surface area contributed by atoms with E-state index < -0.39 is 0 Å². The number of hydrogen-bond acceptors (Lipinski definition) is 5. The van der Waals surface area contributed by atoms with Crippen molar-refractivity contribution in [2.45, 2.75) is 46.0 Å². The number of nitrogens with zero attached hydrogens (tertiary/aromatic N) is 4. The third-order valence-corrected chi connectivity index (χ3v) is 7.18. The van der Waals surface area contributed by atoms with Gasteiger partial charge in [-0.25, -0.2) is 4.98 Å². The van der Waals surface area contributed by atoms with Gasteiger partial charge in [0.2, 0.25) is 5.91 Å². The van der Waals surface area contributed by atoms with E-state index in [2.05, 4.69) is 33.9 Å². The number of amides is 2. The number of hydrogen-bond donors (Lipinski definition) is 1. The molecule has 0 saturated carbocycles. The van der Waals surface area contributed by atoms with E-state index in [1.807, 2.05) is 18.2 Å². The number of halogens is 1. The summed E-state index contributed by atoms with van der Waals surface area (Å²) in [5, 5.41) is 2.90. The largest absolute Gasteiger partial charge is 0.319 e. The summed E-state index contributed by atoms with van der Waals surface area (Å²) in [4.78, 5) is 37.1. The van der Waals surface area contributed by atoms with Crippen LogP contribution >= 0.6 is 12.4 Å². The molecule has 1 aromatic heterocycles. The number of carbonyl (C=O) groups is 2. The van der Waals surface area contributed by atoms with Gasteiger partial charge in [-0.15, -0.1) is 12.4 Å². The zero-order chi connectivity index (χ0) is 23.9. The molecule has 1 N–H and O–H groups in total. The van der Waals surface area contributed by atoms with Crippen molar-refractivity contribution in [2.75, 3.05) is 49.5 Å². The molecule has 190 valence electrons. The smallest absolute Gasteiger partial charge is 0.257 e. The second-order valence-corrected chi connectivity index (χ2v) is 9.32. The molecule has 0 aliphatic carbocycles. The number of benzene rings is 1. The predicted molar refractivity (Wildman–Crippen MR) is 144 cm³/mol. The van der Waals surface area contributed by atoms with E-state index in [1.54, 1.807) is 29.3 Å². The van der Waals surface area contributed by atoms with Crippen molar-refractivity contribution in [2.24, 2.45) is 5.92 Å². The van der Waals surface area contributed by atoms with Gasteiger partial charge in [0, 0.05) is 6.20 Å². The Bertz CT molecular complexity index is 989. The van der Waals surface area contributed by atoms with Gasteiger partial charge < -0.3 is 10.2 Å². The van der Waals surface area contributed by atoms with Gasteiger partial charge in [-0.1, -0.05) is 38.8 Å². The number of fused-ring (bicyclic) bond motifs is 2. The number of rotatable bonds is 9. The molecule has 1 saturated heterocycles. The van der Waals surface area contributed by atoms with E-state index >= 15 is 0 Å². The fraction of sp³-hybridized carbons (Fsp3) is 0.519. The average molecular weight is 500 g/mol. The van der Waals surface area contributed by atoms with Crippen LogP contribution in [0.1, 0.15) is 56.3 Å². The van der Waals surface area contributed by atoms with Crippen LogP contribution in [0.5, 0.6) is 0 Å². The molecule has 7 nitrogen and oxygen atoms in total. The van der Waals surface area contributed by atoms with E-state index in [9.17, 15) is 9.59 Å². The minimum Gasteiger partial charge on any atom is -0.319 e. The minimum atomic E-state index is -0.220. The Morgan fingerprint density at radius 2 is 1.83 bits per heavy atom. The number of nitrogens with one attached hydrogen (secondary N) is 1. The summed E-state index contributed by atoms with van der Waals surface area (Å²) < 4.78 is 0. The highest BCUT2D eigenvalue weighted by atomic mass is 35.5. The lowest BCUT2D eigenvalue weighted by molar-refractivity contribution is -0.119. The highest BCUT2D eigenvalue weighted by molar-refractivity contribution is 6.17. The van der Waals surface area contributed by atoms with Crippen molar-refractivity contribution < 1.29 is 9.59 Å². The summed E-state index contributed by atoms with van der Waals surface area (Å²) in [7, 11) is 0. The van der Waals surface area contributed by atoms with E-state index in [1.165, 1.54) is 25.8 Å². The monoisotopic (exact) mass is 499 g/mol. The highest BCUT2D eigenvalue weighted by Gasteiger charge is 2.31. The number of pyridine rings is 1. The number of anilines is 3. The van der Waals surface area contributed by atoms with Gasteiger partial charge in [0.15, 0.2) is 5.82 Å². The Morgan fingerprint density at radius 1 is 1.09 bits per heavy atom. The number of unbranched alkanes of at least 4 members (excludes halogenated alkanes) is 1. The van der Waals surface area contributed by atoms with E-state index in [-0.39, 0.29) is 24.2 Å². The number of aromatic nitrogens is 1. The molecular formula is C27H38ClN5O2. The van der Waals surface area contributed by atoms with Crippen LogP contribution in [-0.4, -0.2) is 65.9 Å². The summed E-state index contributed by atoms with van der Waals surface area (Å²) in [6, 6.07) is 10.8. The number of piperidine rings is 1. The van der Waals surface area contributed by atoms with Gasteiger partial charge in [-0.3, -0.25) is 19.4 Å². The van der Waals surface area contributed by atoms with Crippen LogP contribution in [0, 0.1) is 5.92 Å². The lowest BCUT2D eigenvalue weighted by Crippen LogP contribution is -2.42. The molecule has 0 unspecified atom stereocenters. The van der Waals surface area contributed by atoms with Crippen molar-refractivity contribution in [1.29, 1.82) is 0 Å². The summed E-state index contributed by atoms with van der Waals surface area (Å²) in [6.07, 6.45) is 7.79. The fourth-order valence-electron chi connectivity index (χ4n) is 5.09. The zero-order valence-corrected chi connectivity index (χ0v) is 21.7. The molecule has 3 heterocycles. The van der Waals surface area contributed by atoms with E-state index in [4.69, 9.17) is 0 Å². The summed E-state index contributed by atoms with van der Waals surface area (Å²) in [5.74, 6) is 0.962. The molecule has 35 heavy (non-hydrogen) atoms. The molecule has 2 aliphatic rings. The normalized spacial score (nSPS) is 16.2. The fourth-order valence-corrected chi connectivity index (χ4v) is 5.09. The van der Waals surface area contributed by atoms with Gasteiger partial charge in [-0.2, -0.15) is 0 Å². The van der Waals surface area contributed by atoms with Gasteiger partial charge in [0.05, 0.1) is 23.5 Å². The van der Waals surface area contributed by atoms with Crippen LogP contribution < -0.4 is 10.2 Å². The van der Waals surface area contributed by atoms with Crippen molar-refractivity contribution in [3.63, 3.8) is 0 Å². The lowest BCUT2D eigenvalue weighted by Gasteiger charge is -2.33. The molecule has 1 aromatic carbocycles. The quantitative estimate of drug-likeness (QED) is 0.494. The Morgan fingerprint density at radius 3 is 2.57 bits per heavy atom. The first-order valence-corrected chi connectivity index (χ1v) is 12.7. The second-order valence-electron chi connectivity index (χ2n) is 9.32. The maximum atomic E-state index is 13.6. The van der Waals surface area contributed by atoms with Crippen LogP contribution in [-0.2, 0) is 4.79 Å². The molecular weight excluding hydrogens is 462 g/mol. The lowest BCUT2D eigenvalue weighted by atomic mass is 9.91. The Kier molecular flexibility index (Phi) is 10.1. The molecule has 2 amide bonds. The van der Waals surface area contributed by atoms with Crippen LogP contribution in [0.2, 0.25) is 0 Å². The van der Waals surface area contributed by atoms with Gasteiger partial charge in [-0.05, 0) is 82.2 Å². The molecule has 0 bridgehead atoms. The molecule has 1 fully saturated rings. The molecule has 2 aliphatic heterocycles. The summed E-state index contributed by atoms with van der Waals surface area (Å²) in [6.45, 7) is 10.1. The SMILES string of the molecule is CCN(CC)CCCCC1CCN(CC(=O)N2c3ccccc3C(=O)Nc3cccnc32)CC1.Cl. The molecule has 0 atom stereocenters. The van der Waals surface area contributed by atoms with E-state index in [0.29, 0.717) is 29.3 Å². The third kappa shape index (κ3) is 6.60. The van der Waals surface area contributed by atoms with Crippen molar-refractivity contribution in [3.05, 3.63) is 48.2 Å². The number of likely N-dealkylation sites (tertiary alicyclic amines) is 1. The van der Waals surface area contributed by atoms with Crippen molar-refractivity contribution in [1.82, 2.24) is 14.8 Å². The second kappa shape index (κ2) is 13.0. The first kappa shape index (κ1) is 27.1. The molecule has 2 aromatic rings. The van der Waals surface area contributed by atoms with Gasteiger partial charge in [0.1, 0.15) is 0 Å². The van der Waals surface area contributed by atoms with Gasteiger partial charge in [0.25, 0.3) is 5.91 Å². The summed E-state index contributed by atoms with van der Waals surface area (Å²) >= 11 is 0. The predicted octanol–water partition coefficient (Wildman–Crippen LogP) is 4.96. The first-order chi connectivity index (χ1) is 16.6. The zero-order valence-electron chi connectivity index (χ0n) is 20.9. The summed E-state index contributed by atoms with van der Waals surface area (Å²) in [5.41, 5.74) is 1.63. The van der Waals surface area contributed by atoms with Crippen LogP contribution in [0.25, 0.3) is 0 Å². The van der Waals surface area contributed by atoms with Gasteiger partial charge >= 0.3 is 0 Å². The average Bonchev–Trinajstić information content (AvgIpc) is 2.99. The minimum absolute atomic E-state index is 0. The highest BCUT2D eigenvalue weighted by Crippen LogP contribution is 2.36. The molecule has 4 rings (SSSR count). The van der Waals surface area contributed by atoms with Crippen molar-refractivity contribution in [3.8, 4) is 0 Å². The number of carbonyl (C=O) groups excluding carboxylic acids is 2. The molecule has 0 spiro atoms. The van der Waals surface area contributed by atoms with Crippen LogP contribution in [0.15, 0.2) is 42.6 Å². The maximum absolute atomic E-state index is 13.6.